The first kappa shape index (κ1) is 16.0. The van der Waals surface area contributed by atoms with E-state index >= 15 is 0 Å². The van der Waals surface area contributed by atoms with E-state index in [9.17, 15) is 9.59 Å². The van der Waals surface area contributed by atoms with E-state index in [1.807, 2.05) is 26.8 Å². The number of carbonyl (C=O) groups is 2. The second-order valence-corrected chi connectivity index (χ2v) is 7.12. The van der Waals surface area contributed by atoms with Crippen molar-refractivity contribution in [3.05, 3.63) is 28.2 Å². The third-order valence-electron chi connectivity index (χ3n) is 3.15. The zero-order chi connectivity index (χ0) is 15.6. The molecule has 1 amide bonds. The fourth-order valence-electron chi connectivity index (χ4n) is 2.26. The van der Waals surface area contributed by atoms with Gasteiger partial charge in [-0.1, -0.05) is 15.9 Å². The molecule has 0 aromatic heterocycles. The highest BCUT2D eigenvalue weighted by Crippen LogP contribution is 2.27. The van der Waals surface area contributed by atoms with Crippen molar-refractivity contribution in [1.82, 2.24) is 0 Å². The van der Waals surface area contributed by atoms with Crippen molar-refractivity contribution in [3.63, 3.8) is 0 Å². The van der Waals surface area contributed by atoms with E-state index in [0.717, 1.165) is 23.0 Å². The van der Waals surface area contributed by atoms with Crippen LogP contribution in [0.15, 0.2) is 22.7 Å². The highest BCUT2D eigenvalue weighted by Gasteiger charge is 2.23. The van der Waals surface area contributed by atoms with Crippen LogP contribution in [0.5, 0.6) is 0 Å². The Kier molecular flexibility index (Phi) is 4.71. The van der Waals surface area contributed by atoms with Gasteiger partial charge >= 0.3 is 5.97 Å². The Morgan fingerprint density at radius 2 is 1.95 bits per heavy atom. The van der Waals surface area contributed by atoms with Crippen molar-refractivity contribution in [1.29, 1.82) is 0 Å². The summed E-state index contributed by atoms with van der Waals surface area (Å²) in [6.45, 7) is 6.19. The van der Waals surface area contributed by atoms with Gasteiger partial charge in [-0.15, -0.1) is 0 Å². The standard InChI is InChI=1S/C16H20BrNO3/c1-16(2,3)21-15(20)11-8-12(17)10-13(9-11)18-7-5-4-6-14(18)19/h8-10H,4-7H2,1-3H3. The van der Waals surface area contributed by atoms with Crippen molar-refractivity contribution < 1.29 is 14.3 Å². The van der Waals surface area contributed by atoms with E-state index in [1.54, 1.807) is 17.0 Å². The molecule has 0 N–H and O–H groups in total. The van der Waals surface area contributed by atoms with Gasteiger partial charge in [-0.3, -0.25) is 4.79 Å². The molecule has 1 aliphatic heterocycles. The highest BCUT2D eigenvalue weighted by atomic mass is 79.9. The smallest absolute Gasteiger partial charge is 0.338 e. The van der Waals surface area contributed by atoms with Gasteiger partial charge in [-0.05, 0) is 51.8 Å². The molecule has 0 unspecified atom stereocenters. The van der Waals surface area contributed by atoms with Crippen LogP contribution in [0.25, 0.3) is 0 Å². The summed E-state index contributed by atoms with van der Waals surface area (Å²) in [6, 6.07) is 5.30. The van der Waals surface area contributed by atoms with Crippen LogP contribution in [0.2, 0.25) is 0 Å². The van der Waals surface area contributed by atoms with Gasteiger partial charge in [0.1, 0.15) is 5.60 Å². The molecule has 0 atom stereocenters. The number of hydrogen-bond acceptors (Lipinski definition) is 3. The van der Waals surface area contributed by atoms with Gasteiger partial charge in [0.05, 0.1) is 5.56 Å². The number of amides is 1. The van der Waals surface area contributed by atoms with E-state index in [4.69, 9.17) is 4.74 Å². The summed E-state index contributed by atoms with van der Waals surface area (Å²) in [4.78, 5) is 25.9. The molecule has 0 saturated carbocycles. The molecule has 1 fully saturated rings. The van der Waals surface area contributed by atoms with Crippen LogP contribution in [0.1, 0.15) is 50.4 Å². The van der Waals surface area contributed by atoms with Gasteiger partial charge in [0.25, 0.3) is 0 Å². The average molecular weight is 354 g/mol. The molecule has 0 bridgehead atoms. The summed E-state index contributed by atoms with van der Waals surface area (Å²) in [5.41, 5.74) is 0.656. The normalized spacial score (nSPS) is 16.0. The molecule has 0 aliphatic carbocycles. The summed E-state index contributed by atoms with van der Waals surface area (Å²) in [7, 11) is 0. The molecule has 0 radical (unpaired) electrons. The Hall–Kier alpha value is -1.36. The second kappa shape index (κ2) is 6.18. The zero-order valence-corrected chi connectivity index (χ0v) is 14.2. The minimum absolute atomic E-state index is 0.106. The van der Waals surface area contributed by atoms with Crippen LogP contribution in [0.3, 0.4) is 0 Å². The van der Waals surface area contributed by atoms with Crippen LogP contribution in [-0.4, -0.2) is 24.0 Å². The summed E-state index contributed by atoms with van der Waals surface area (Å²) < 4.78 is 6.15. The zero-order valence-electron chi connectivity index (χ0n) is 12.6. The summed E-state index contributed by atoms with van der Waals surface area (Å²) in [5, 5.41) is 0. The number of rotatable bonds is 2. The maximum absolute atomic E-state index is 12.2. The topological polar surface area (TPSA) is 46.6 Å². The Bertz CT molecular complexity index is 563. The number of benzene rings is 1. The van der Waals surface area contributed by atoms with Crippen LogP contribution in [0.4, 0.5) is 5.69 Å². The quantitative estimate of drug-likeness (QED) is 0.757. The van der Waals surface area contributed by atoms with E-state index in [0.29, 0.717) is 18.5 Å². The lowest BCUT2D eigenvalue weighted by molar-refractivity contribution is -0.119. The van der Waals surface area contributed by atoms with E-state index in [2.05, 4.69) is 15.9 Å². The largest absolute Gasteiger partial charge is 0.456 e. The number of ether oxygens (including phenoxy) is 1. The van der Waals surface area contributed by atoms with Crippen molar-refractivity contribution in [2.24, 2.45) is 0 Å². The summed E-state index contributed by atoms with van der Waals surface area (Å²) in [5.74, 6) is -0.274. The minimum atomic E-state index is -0.541. The number of halogens is 1. The number of nitrogens with zero attached hydrogens (tertiary/aromatic N) is 1. The van der Waals surface area contributed by atoms with Gasteiger partial charge < -0.3 is 9.64 Å². The predicted octanol–water partition coefficient (Wildman–Crippen LogP) is 3.92. The number of carbonyl (C=O) groups excluding carboxylic acids is 2. The molecule has 1 saturated heterocycles. The third kappa shape index (κ3) is 4.30. The first-order chi connectivity index (χ1) is 9.76. The third-order valence-corrected chi connectivity index (χ3v) is 3.61. The molecule has 1 aromatic carbocycles. The maximum Gasteiger partial charge on any atom is 0.338 e. The first-order valence-corrected chi connectivity index (χ1v) is 7.90. The molecule has 2 rings (SSSR count). The maximum atomic E-state index is 12.2. The van der Waals surface area contributed by atoms with E-state index in [1.165, 1.54) is 0 Å². The van der Waals surface area contributed by atoms with Crippen molar-refractivity contribution in [3.8, 4) is 0 Å². The van der Waals surface area contributed by atoms with Crippen LogP contribution >= 0.6 is 15.9 Å². The van der Waals surface area contributed by atoms with Gasteiger partial charge in [-0.2, -0.15) is 0 Å². The molecule has 114 valence electrons. The predicted molar refractivity (Wildman–Crippen MR) is 85.5 cm³/mol. The van der Waals surface area contributed by atoms with Crippen molar-refractivity contribution in [2.45, 2.75) is 45.6 Å². The number of hydrogen-bond donors (Lipinski definition) is 0. The second-order valence-electron chi connectivity index (χ2n) is 6.20. The average Bonchev–Trinajstić information content (AvgIpc) is 2.36. The van der Waals surface area contributed by atoms with Gasteiger partial charge in [0.15, 0.2) is 0 Å². The number of piperidine rings is 1. The number of anilines is 1. The molecule has 21 heavy (non-hydrogen) atoms. The fourth-order valence-corrected chi connectivity index (χ4v) is 2.74. The molecule has 0 spiro atoms. The molecule has 1 heterocycles. The van der Waals surface area contributed by atoms with Crippen molar-refractivity contribution >= 4 is 33.5 Å². The monoisotopic (exact) mass is 353 g/mol. The van der Waals surface area contributed by atoms with Gasteiger partial charge in [0.2, 0.25) is 5.91 Å². The summed E-state index contributed by atoms with van der Waals surface area (Å²) >= 11 is 3.40. The van der Waals surface area contributed by atoms with E-state index < -0.39 is 5.60 Å². The van der Waals surface area contributed by atoms with E-state index in [-0.39, 0.29) is 11.9 Å². The lowest BCUT2D eigenvalue weighted by Crippen LogP contribution is -2.35. The molecular formula is C16H20BrNO3. The minimum Gasteiger partial charge on any atom is -0.456 e. The number of esters is 1. The van der Waals surface area contributed by atoms with Crippen LogP contribution < -0.4 is 4.90 Å². The lowest BCUT2D eigenvalue weighted by Gasteiger charge is -2.27. The Morgan fingerprint density at radius 3 is 2.57 bits per heavy atom. The molecule has 1 aromatic rings. The molecular weight excluding hydrogens is 334 g/mol. The Labute approximate surface area is 133 Å². The SMILES string of the molecule is CC(C)(C)OC(=O)c1cc(Br)cc(N2CCCCC2=O)c1. The first-order valence-electron chi connectivity index (χ1n) is 7.10. The molecule has 5 heteroatoms. The molecule has 4 nitrogen and oxygen atoms in total. The lowest BCUT2D eigenvalue weighted by atomic mass is 10.1. The Morgan fingerprint density at radius 1 is 1.24 bits per heavy atom. The molecule has 1 aliphatic rings. The van der Waals surface area contributed by atoms with Gasteiger partial charge in [0, 0.05) is 23.1 Å². The van der Waals surface area contributed by atoms with Crippen LogP contribution in [-0.2, 0) is 9.53 Å². The van der Waals surface area contributed by atoms with Crippen LogP contribution in [0, 0.1) is 0 Å². The van der Waals surface area contributed by atoms with Crippen molar-refractivity contribution in [2.75, 3.05) is 11.4 Å². The van der Waals surface area contributed by atoms with Gasteiger partial charge in [-0.25, -0.2) is 4.79 Å². The Balaban J connectivity index is 2.28. The highest BCUT2D eigenvalue weighted by molar-refractivity contribution is 9.10. The summed E-state index contributed by atoms with van der Waals surface area (Å²) in [6.07, 6.45) is 2.48. The fraction of sp³-hybridized carbons (Fsp3) is 0.500.